The lowest BCUT2D eigenvalue weighted by atomic mass is 9.81. The molecule has 0 heterocycles. The highest BCUT2D eigenvalue weighted by molar-refractivity contribution is 5.02. The standard InChI is InChI=1S/C12H22F2/c1-4-5-6-7-8-11(2,3)10-9-12(10,13)14/h10H,4-9H2,1-3H3. The average molecular weight is 204 g/mol. The molecule has 0 aliphatic heterocycles. The van der Waals surface area contributed by atoms with Crippen LogP contribution in [0.25, 0.3) is 0 Å². The van der Waals surface area contributed by atoms with Gasteiger partial charge in [0.15, 0.2) is 0 Å². The van der Waals surface area contributed by atoms with Crippen LogP contribution in [0, 0.1) is 11.3 Å². The summed E-state index contributed by atoms with van der Waals surface area (Å²) in [5.74, 6) is -2.70. The molecule has 1 atom stereocenters. The third-order valence-corrected chi connectivity index (χ3v) is 3.44. The molecule has 0 radical (unpaired) electrons. The van der Waals surface area contributed by atoms with Crippen LogP contribution in [0.15, 0.2) is 0 Å². The topological polar surface area (TPSA) is 0 Å². The fourth-order valence-corrected chi connectivity index (χ4v) is 2.24. The van der Waals surface area contributed by atoms with Gasteiger partial charge in [-0.2, -0.15) is 0 Å². The molecular formula is C12H22F2. The maximum atomic E-state index is 12.9. The summed E-state index contributed by atoms with van der Waals surface area (Å²) in [5, 5.41) is 0. The SMILES string of the molecule is CCCCCCC(C)(C)C1CC1(F)F. The Morgan fingerprint density at radius 1 is 1.21 bits per heavy atom. The van der Waals surface area contributed by atoms with Crippen molar-refractivity contribution in [2.75, 3.05) is 0 Å². The van der Waals surface area contributed by atoms with Crippen LogP contribution >= 0.6 is 0 Å². The van der Waals surface area contributed by atoms with E-state index in [4.69, 9.17) is 0 Å². The van der Waals surface area contributed by atoms with Crippen molar-refractivity contribution in [3.63, 3.8) is 0 Å². The van der Waals surface area contributed by atoms with E-state index >= 15 is 0 Å². The molecule has 0 aromatic heterocycles. The van der Waals surface area contributed by atoms with Crippen LogP contribution in [-0.4, -0.2) is 5.92 Å². The summed E-state index contributed by atoms with van der Waals surface area (Å²) in [5.41, 5.74) is -0.156. The van der Waals surface area contributed by atoms with E-state index in [2.05, 4.69) is 6.92 Å². The number of hydrogen-bond acceptors (Lipinski definition) is 0. The molecule has 1 rings (SSSR count). The fraction of sp³-hybridized carbons (Fsp3) is 1.00. The van der Waals surface area contributed by atoms with E-state index in [9.17, 15) is 8.78 Å². The summed E-state index contributed by atoms with van der Waals surface area (Å²) in [7, 11) is 0. The molecule has 0 saturated heterocycles. The number of alkyl halides is 2. The van der Waals surface area contributed by atoms with Crippen molar-refractivity contribution in [1.82, 2.24) is 0 Å². The van der Waals surface area contributed by atoms with Crippen molar-refractivity contribution < 1.29 is 8.78 Å². The number of hydrogen-bond donors (Lipinski definition) is 0. The summed E-state index contributed by atoms with van der Waals surface area (Å²) in [4.78, 5) is 0. The first-order chi connectivity index (χ1) is 6.40. The molecule has 0 spiro atoms. The summed E-state index contributed by atoms with van der Waals surface area (Å²) in [6.07, 6.45) is 5.81. The molecule has 0 bridgehead atoms. The largest absolute Gasteiger partial charge is 0.252 e. The van der Waals surface area contributed by atoms with Crippen molar-refractivity contribution in [1.29, 1.82) is 0 Å². The minimum absolute atomic E-state index is 0.119. The van der Waals surface area contributed by atoms with Crippen molar-refractivity contribution in [3.05, 3.63) is 0 Å². The van der Waals surface area contributed by atoms with Crippen molar-refractivity contribution in [2.24, 2.45) is 11.3 Å². The minimum atomic E-state index is -2.35. The van der Waals surface area contributed by atoms with Gasteiger partial charge in [0.05, 0.1) is 0 Å². The van der Waals surface area contributed by atoms with E-state index in [0.717, 1.165) is 12.8 Å². The lowest BCUT2D eigenvalue weighted by Gasteiger charge is -2.24. The minimum Gasteiger partial charge on any atom is -0.207 e. The zero-order valence-electron chi connectivity index (χ0n) is 9.58. The first kappa shape index (κ1) is 11.9. The van der Waals surface area contributed by atoms with Gasteiger partial charge in [-0.1, -0.05) is 46.5 Å². The van der Waals surface area contributed by atoms with Gasteiger partial charge in [0.1, 0.15) is 0 Å². The molecule has 1 aliphatic carbocycles. The van der Waals surface area contributed by atoms with Crippen LogP contribution in [0.1, 0.15) is 59.3 Å². The Morgan fingerprint density at radius 3 is 2.21 bits per heavy atom. The molecule has 0 N–H and O–H groups in total. The molecule has 0 aromatic rings. The molecule has 1 aliphatic rings. The smallest absolute Gasteiger partial charge is 0.207 e. The Hall–Kier alpha value is -0.140. The highest BCUT2D eigenvalue weighted by atomic mass is 19.3. The first-order valence-corrected chi connectivity index (χ1v) is 5.78. The monoisotopic (exact) mass is 204 g/mol. The van der Waals surface area contributed by atoms with E-state index in [0.29, 0.717) is 0 Å². The predicted octanol–water partition coefficient (Wildman–Crippen LogP) is 4.64. The van der Waals surface area contributed by atoms with Crippen LogP contribution < -0.4 is 0 Å². The van der Waals surface area contributed by atoms with Crippen molar-refractivity contribution >= 4 is 0 Å². The van der Waals surface area contributed by atoms with Gasteiger partial charge < -0.3 is 0 Å². The Bertz CT molecular complexity index is 185. The summed E-state index contributed by atoms with van der Waals surface area (Å²) in [6, 6.07) is 0. The maximum absolute atomic E-state index is 12.9. The number of halogens is 2. The Morgan fingerprint density at radius 2 is 1.79 bits per heavy atom. The molecule has 1 fully saturated rings. The normalized spacial score (nSPS) is 25.1. The predicted molar refractivity (Wildman–Crippen MR) is 55.6 cm³/mol. The van der Waals surface area contributed by atoms with Gasteiger partial charge in [0, 0.05) is 12.3 Å². The fourth-order valence-electron chi connectivity index (χ4n) is 2.24. The van der Waals surface area contributed by atoms with E-state index in [1.807, 2.05) is 13.8 Å². The molecular weight excluding hydrogens is 182 g/mol. The second kappa shape index (κ2) is 4.16. The van der Waals surface area contributed by atoms with Gasteiger partial charge >= 0.3 is 0 Å². The van der Waals surface area contributed by atoms with Crippen LogP contribution in [0.4, 0.5) is 8.78 Å². The van der Waals surface area contributed by atoms with Gasteiger partial charge in [-0.05, 0) is 11.8 Å². The molecule has 0 nitrogen and oxygen atoms in total. The second-order valence-electron chi connectivity index (χ2n) is 5.32. The molecule has 2 heteroatoms. The first-order valence-electron chi connectivity index (χ1n) is 5.78. The second-order valence-corrected chi connectivity index (χ2v) is 5.32. The lowest BCUT2D eigenvalue weighted by molar-refractivity contribution is 0.0625. The third-order valence-electron chi connectivity index (χ3n) is 3.44. The van der Waals surface area contributed by atoms with Crippen LogP contribution in [0.5, 0.6) is 0 Å². The summed E-state index contributed by atoms with van der Waals surface area (Å²) < 4.78 is 25.7. The van der Waals surface area contributed by atoms with E-state index in [-0.39, 0.29) is 17.8 Å². The summed E-state index contributed by atoms with van der Waals surface area (Å²) >= 11 is 0. The molecule has 14 heavy (non-hydrogen) atoms. The Kier molecular flexibility index (Phi) is 3.54. The van der Waals surface area contributed by atoms with Gasteiger partial charge in [-0.25, -0.2) is 8.78 Å². The zero-order chi connectivity index (χ0) is 10.8. The van der Waals surface area contributed by atoms with Crippen molar-refractivity contribution in [3.8, 4) is 0 Å². The third kappa shape index (κ3) is 2.93. The zero-order valence-corrected chi connectivity index (χ0v) is 9.58. The molecule has 1 saturated carbocycles. The van der Waals surface area contributed by atoms with Crippen molar-refractivity contribution in [2.45, 2.75) is 65.2 Å². The number of rotatable bonds is 6. The van der Waals surface area contributed by atoms with Crippen LogP contribution in [0.2, 0.25) is 0 Å². The van der Waals surface area contributed by atoms with E-state index in [1.165, 1.54) is 19.3 Å². The highest BCUT2D eigenvalue weighted by Crippen LogP contribution is 2.59. The number of unbranched alkanes of at least 4 members (excludes halogenated alkanes) is 3. The van der Waals surface area contributed by atoms with Gasteiger partial charge in [0.25, 0.3) is 5.92 Å². The van der Waals surface area contributed by atoms with Gasteiger partial charge in [0.2, 0.25) is 0 Å². The molecule has 1 unspecified atom stereocenters. The average Bonchev–Trinajstić information content (AvgIpc) is 2.70. The highest BCUT2D eigenvalue weighted by Gasteiger charge is 2.62. The Labute approximate surface area is 86.1 Å². The summed E-state index contributed by atoms with van der Waals surface area (Å²) in [6.45, 7) is 6.15. The van der Waals surface area contributed by atoms with Crippen LogP contribution in [0.3, 0.4) is 0 Å². The lowest BCUT2D eigenvalue weighted by Crippen LogP contribution is -2.18. The quantitative estimate of drug-likeness (QED) is 0.553. The van der Waals surface area contributed by atoms with E-state index in [1.54, 1.807) is 0 Å². The van der Waals surface area contributed by atoms with Gasteiger partial charge in [-0.3, -0.25) is 0 Å². The van der Waals surface area contributed by atoms with Crippen LogP contribution in [-0.2, 0) is 0 Å². The van der Waals surface area contributed by atoms with Gasteiger partial charge in [-0.15, -0.1) is 0 Å². The van der Waals surface area contributed by atoms with E-state index < -0.39 is 5.92 Å². The molecule has 0 aromatic carbocycles. The molecule has 0 amide bonds. The molecule has 84 valence electrons. The Balaban J connectivity index is 2.22. The maximum Gasteiger partial charge on any atom is 0.252 e.